The summed E-state index contributed by atoms with van der Waals surface area (Å²) in [5.74, 6) is -9.70. The first-order chi connectivity index (χ1) is 11.5. The molecule has 1 rings (SSSR count). The van der Waals surface area contributed by atoms with Gasteiger partial charge in [-0.25, -0.2) is 4.79 Å². The van der Waals surface area contributed by atoms with E-state index < -0.39 is 73.0 Å². The molecule has 1 fully saturated rings. The van der Waals surface area contributed by atoms with Crippen molar-refractivity contribution < 1.29 is 54.9 Å². The number of carboxylic acid groups (broad SMARTS) is 1. The highest BCUT2D eigenvalue weighted by molar-refractivity contribution is 5.90. The molecule has 0 bridgehead atoms. The van der Waals surface area contributed by atoms with Crippen LogP contribution in [0.4, 0.5) is 0 Å². The lowest BCUT2D eigenvalue weighted by Gasteiger charge is -2.48. The average Bonchev–Trinajstić information content (AvgIpc) is 2.55. The fourth-order valence-corrected chi connectivity index (χ4v) is 2.69. The van der Waals surface area contributed by atoms with Crippen molar-refractivity contribution in [2.75, 3.05) is 13.2 Å². The molecule has 1 heterocycles. The first-order valence-electron chi connectivity index (χ1n) is 7.20. The number of ether oxygens (including phenoxy) is 1. The summed E-state index contributed by atoms with van der Waals surface area (Å²) in [6.45, 7) is -1.20. The quantitative estimate of drug-likeness (QED) is 0.213. The molecule has 2 unspecified atom stereocenters. The van der Waals surface area contributed by atoms with Gasteiger partial charge in [-0.2, -0.15) is 0 Å². The van der Waals surface area contributed by atoms with Crippen LogP contribution in [0, 0.1) is 5.92 Å². The van der Waals surface area contributed by atoms with Crippen molar-refractivity contribution in [3.8, 4) is 0 Å². The summed E-state index contributed by atoms with van der Waals surface area (Å²) in [6.07, 6.45) is -7.89. The molecule has 25 heavy (non-hydrogen) atoms. The van der Waals surface area contributed by atoms with Crippen LogP contribution in [-0.4, -0.2) is 103 Å². The Morgan fingerprint density at radius 2 is 1.80 bits per heavy atom. The maximum atomic E-state index is 11.8. The van der Waals surface area contributed by atoms with Crippen LogP contribution in [-0.2, 0) is 19.1 Å². The summed E-state index contributed by atoms with van der Waals surface area (Å²) < 4.78 is 4.87. The zero-order valence-electron chi connectivity index (χ0n) is 13.1. The van der Waals surface area contributed by atoms with Crippen LogP contribution < -0.4 is 5.32 Å². The predicted molar refractivity (Wildman–Crippen MR) is 75.8 cm³/mol. The Balaban J connectivity index is 3.39. The molecule has 0 saturated carbocycles. The second-order valence-corrected chi connectivity index (χ2v) is 5.64. The van der Waals surface area contributed by atoms with E-state index in [0.29, 0.717) is 0 Å². The number of ketones is 1. The summed E-state index contributed by atoms with van der Waals surface area (Å²) in [5, 5.41) is 69.3. The molecule has 1 amide bonds. The second kappa shape index (κ2) is 8.14. The van der Waals surface area contributed by atoms with Gasteiger partial charge >= 0.3 is 5.97 Å². The maximum absolute atomic E-state index is 11.8. The number of rotatable bonds is 7. The third kappa shape index (κ3) is 4.12. The summed E-state index contributed by atoms with van der Waals surface area (Å²) in [4.78, 5) is 34.5. The Bertz CT molecular complexity index is 526. The van der Waals surface area contributed by atoms with Crippen molar-refractivity contribution in [2.24, 2.45) is 5.92 Å². The molecule has 1 aliphatic rings. The topological polar surface area (TPSA) is 214 Å². The zero-order valence-corrected chi connectivity index (χ0v) is 13.1. The molecule has 1 saturated heterocycles. The van der Waals surface area contributed by atoms with Crippen LogP contribution in [0.5, 0.6) is 0 Å². The van der Waals surface area contributed by atoms with E-state index in [4.69, 9.17) is 14.9 Å². The maximum Gasteiger partial charge on any atom is 0.365 e. The SMILES string of the molecule is CC(=O)N[C@@H]1[C@@H](O)C(C(=O)CO)[C@](O)(C(=O)O)O[C@H]1C(O)[C@H](O)CO. The molecule has 0 spiro atoms. The molecule has 12 heteroatoms. The highest BCUT2D eigenvalue weighted by Gasteiger charge is 2.62. The van der Waals surface area contributed by atoms with Crippen molar-refractivity contribution >= 4 is 17.7 Å². The molecule has 12 nitrogen and oxygen atoms in total. The van der Waals surface area contributed by atoms with Crippen LogP contribution >= 0.6 is 0 Å². The molecule has 1 aliphatic heterocycles. The van der Waals surface area contributed by atoms with Gasteiger partial charge in [0.05, 0.1) is 18.8 Å². The Hall–Kier alpha value is -1.67. The van der Waals surface area contributed by atoms with Gasteiger partial charge in [-0.1, -0.05) is 0 Å². The zero-order chi connectivity index (χ0) is 19.5. The minimum atomic E-state index is -3.35. The fraction of sp³-hybridized carbons (Fsp3) is 0.769. The Morgan fingerprint density at radius 3 is 2.20 bits per heavy atom. The second-order valence-electron chi connectivity index (χ2n) is 5.64. The fourth-order valence-electron chi connectivity index (χ4n) is 2.69. The van der Waals surface area contributed by atoms with E-state index in [9.17, 15) is 39.9 Å². The molecule has 0 radical (unpaired) electrons. The Kier molecular flexibility index (Phi) is 6.96. The van der Waals surface area contributed by atoms with Gasteiger partial charge in [-0.05, 0) is 0 Å². The van der Waals surface area contributed by atoms with Crippen molar-refractivity contribution in [1.82, 2.24) is 5.32 Å². The lowest BCUT2D eigenvalue weighted by atomic mass is 9.78. The first kappa shape index (κ1) is 21.4. The van der Waals surface area contributed by atoms with E-state index in [2.05, 4.69) is 5.32 Å². The third-order valence-corrected chi connectivity index (χ3v) is 3.90. The van der Waals surface area contributed by atoms with Gasteiger partial charge in [-0.15, -0.1) is 0 Å². The molecule has 144 valence electrons. The Labute approximate surface area is 141 Å². The van der Waals surface area contributed by atoms with Crippen LogP contribution in [0.25, 0.3) is 0 Å². The van der Waals surface area contributed by atoms with E-state index in [-0.39, 0.29) is 0 Å². The standard InChI is InChI=1S/C13H21NO11/c1-4(17)14-8-10(21)7(5(18)2-15)13(24,12(22)23)25-11(8)9(20)6(19)3-16/h6-11,15-16,19-21,24H,2-3H2,1H3,(H,14,17)(H,22,23)/t6-,7?,8-,9?,10+,11-,13-/m1/s1. The molecular weight excluding hydrogens is 346 g/mol. The smallest absolute Gasteiger partial charge is 0.365 e. The van der Waals surface area contributed by atoms with Crippen LogP contribution in [0.3, 0.4) is 0 Å². The number of hydrogen-bond donors (Lipinski definition) is 8. The number of aliphatic carboxylic acids is 1. The number of carbonyl (C=O) groups excluding carboxylic acids is 2. The summed E-state index contributed by atoms with van der Waals surface area (Å²) in [7, 11) is 0. The van der Waals surface area contributed by atoms with Gasteiger partial charge in [0.1, 0.15) is 30.8 Å². The highest BCUT2D eigenvalue weighted by Crippen LogP contribution is 2.36. The third-order valence-electron chi connectivity index (χ3n) is 3.90. The van der Waals surface area contributed by atoms with Crippen LogP contribution in [0.1, 0.15) is 6.92 Å². The molecule has 0 aromatic heterocycles. The lowest BCUT2D eigenvalue weighted by Crippen LogP contribution is -2.72. The average molecular weight is 367 g/mol. The number of carbonyl (C=O) groups is 3. The first-order valence-corrected chi connectivity index (χ1v) is 7.20. The van der Waals surface area contributed by atoms with Gasteiger partial charge in [0, 0.05) is 6.92 Å². The number of carboxylic acids is 1. The van der Waals surface area contributed by atoms with E-state index in [0.717, 1.165) is 6.92 Å². The molecular formula is C13H21NO11. The van der Waals surface area contributed by atoms with E-state index in [1.807, 2.05) is 0 Å². The van der Waals surface area contributed by atoms with Crippen LogP contribution in [0.2, 0.25) is 0 Å². The van der Waals surface area contributed by atoms with Gasteiger partial charge in [0.25, 0.3) is 5.79 Å². The number of hydrogen-bond acceptors (Lipinski definition) is 10. The summed E-state index contributed by atoms with van der Waals surface area (Å²) >= 11 is 0. The summed E-state index contributed by atoms with van der Waals surface area (Å²) in [6, 6.07) is -1.63. The van der Waals surface area contributed by atoms with Crippen molar-refractivity contribution in [3.05, 3.63) is 0 Å². The van der Waals surface area contributed by atoms with E-state index in [1.165, 1.54) is 0 Å². The minimum Gasteiger partial charge on any atom is -0.477 e. The highest BCUT2D eigenvalue weighted by atomic mass is 16.7. The Morgan fingerprint density at radius 1 is 1.24 bits per heavy atom. The molecule has 0 aromatic carbocycles. The van der Waals surface area contributed by atoms with Gasteiger partial charge in [0.2, 0.25) is 5.91 Å². The summed E-state index contributed by atoms with van der Waals surface area (Å²) in [5.41, 5.74) is 0. The van der Waals surface area contributed by atoms with E-state index >= 15 is 0 Å². The van der Waals surface area contributed by atoms with Gasteiger partial charge < -0.3 is 45.8 Å². The normalized spacial score (nSPS) is 34.8. The van der Waals surface area contributed by atoms with Crippen molar-refractivity contribution in [3.63, 3.8) is 0 Å². The van der Waals surface area contributed by atoms with Gasteiger partial charge in [-0.3, -0.25) is 9.59 Å². The van der Waals surface area contributed by atoms with Gasteiger partial charge in [0.15, 0.2) is 5.78 Å². The number of Topliss-reactive ketones (excluding diaryl/α,β-unsaturated/α-hetero) is 1. The minimum absolute atomic E-state index is 0.765. The molecule has 0 aliphatic carbocycles. The largest absolute Gasteiger partial charge is 0.477 e. The van der Waals surface area contributed by atoms with Crippen molar-refractivity contribution in [1.29, 1.82) is 0 Å². The molecule has 8 N–H and O–H groups in total. The molecule has 7 atom stereocenters. The number of nitrogens with one attached hydrogen (secondary N) is 1. The molecule has 0 aromatic rings. The van der Waals surface area contributed by atoms with E-state index in [1.54, 1.807) is 0 Å². The lowest BCUT2D eigenvalue weighted by molar-refractivity contribution is -0.314. The van der Waals surface area contributed by atoms with Crippen LogP contribution in [0.15, 0.2) is 0 Å². The van der Waals surface area contributed by atoms with Crippen molar-refractivity contribution in [2.45, 2.75) is 43.2 Å². The monoisotopic (exact) mass is 367 g/mol. The predicted octanol–water partition coefficient (Wildman–Crippen LogP) is -5.08. The number of aliphatic hydroxyl groups excluding tert-OH is 5. The number of amides is 1. The number of aliphatic hydroxyl groups is 6.